The maximum Gasteiger partial charge on any atom is 0.328 e. The minimum atomic E-state index is -0.541. The Balaban J connectivity index is 1.74. The molecule has 2 aromatic carbocycles. The number of hydrogen-bond acceptors (Lipinski definition) is 5. The van der Waals surface area contributed by atoms with Gasteiger partial charge in [0, 0.05) is 20.1 Å². The zero-order valence-electron chi connectivity index (χ0n) is 16.4. The van der Waals surface area contributed by atoms with Gasteiger partial charge in [0.05, 0.1) is 23.2 Å². The Morgan fingerprint density at radius 3 is 2.72 bits per heavy atom. The minimum Gasteiger partial charge on any atom is -0.489 e. The van der Waals surface area contributed by atoms with Crippen molar-refractivity contribution in [1.29, 1.82) is 0 Å². The van der Waals surface area contributed by atoms with Crippen molar-refractivity contribution >= 4 is 22.5 Å². The first-order chi connectivity index (χ1) is 14.0. The second-order valence-electron chi connectivity index (χ2n) is 6.57. The lowest BCUT2D eigenvalue weighted by molar-refractivity contribution is -0.116. The molecule has 2 N–H and O–H groups in total. The lowest BCUT2D eigenvalue weighted by Crippen LogP contribution is -2.31. The van der Waals surface area contributed by atoms with Gasteiger partial charge in [0.2, 0.25) is 5.91 Å². The second kappa shape index (κ2) is 9.20. The molecule has 0 radical (unpaired) electrons. The van der Waals surface area contributed by atoms with Crippen LogP contribution in [0.5, 0.6) is 5.75 Å². The summed E-state index contributed by atoms with van der Waals surface area (Å²) in [5, 5.41) is 3.22. The topological polar surface area (TPSA) is 102 Å². The number of carbonyl (C=O) groups is 1. The van der Waals surface area contributed by atoms with Crippen molar-refractivity contribution in [2.24, 2.45) is 0 Å². The number of fused-ring (bicyclic) bond motifs is 1. The van der Waals surface area contributed by atoms with Gasteiger partial charge in [-0.1, -0.05) is 18.2 Å². The average molecular weight is 397 g/mol. The first-order valence-electron chi connectivity index (χ1n) is 9.23. The Hall–Kier alpha value is -3.39. The van der Waals surface area contributed by atoms with Gasteiger partial charge in [0.1, 0.15) is 12.4 Å². The fraction of sp³-hybridized carbons (Fsp3) is 0.286. The van der Waals surface area contributed by atoms with E-state index < -0.39 is 11.2 Å². The third-order valence-corrected chi connectivity index (χ3v) is 4.42. The lowest BCUT2D eigenvalue weighted by atomic mass is 10.2. The van der Waals surface area contributed by atoms with Gasteiger partial charge in [-0.2, -0.15) is 0 Å². The van der Waals surface area contributed by atoms with Crippen LogP contribution in [0.15, 0.2) is 52.1 Å². The highest BCUT2D eigenvalue weighted by molar-refractivity contribution is 5.92. The number of anilines is 1. The number of benzene rings is 2. The van der Waals surface area contributed by atoms with E-state index in [0.717, 1.165) is 5.56 Å². The number of nitrogens with zero attached hydrogens (tertiary/aromatic N) is 1. The summed E-state index contributed by atoms with van der Waals surface area (Å²) in [5.74, 6) is 0.287. The summed E-state index contributed by atoms with van der Waals surface area (Å²) in [6, 6.07) is 12.3. The number of methoxy groups -OCH3 is 1. The summed E-state index contributed by atoms with van der Waals surface area (Å²) in [7, 11) is 1.59. The maximum atomic E-state index is 12.5. The van der Waals surface area contributed by atoms with E-state index >= 15 is 0 Å². The molecule has 1 heterocycles. The van der Waals surface area contributed by atoms with Gasteiger partial charge in [-0.25, -0.2) is 4.79 Å². The Kier molecular flexibility index (Phi) is 6.46. The number of H-pyrrole nitrogens is 1. The molecule has 0 aliphatic rings. The van der Waals surface area contributed by atoms with E-state index in [2.05, 4.69) is 10.3 Å². The van der Waals surface area contributed by atoms with E-state index in [4.69, 9.17) is 9.47 Å². The smallest absolute Gasteiger partial charge is 0.328 e. The number of aryl methyl sites for hydroxylation is 2. The van der Waals surface area contributed by atoms with Crippen molar-refractivity contribution < 1.29 is 14.3 Å². The molecule has 0 spiro atoms. The van der Waals surface area contributed by atoms with Crippen LogP contribution < -0.4 is 21.3 Å². The van der Waals surface area contributed by atoms with Crippen molar-refractivity contribution in [2.75, 3.05) is 25.6 Å². The van der Waals surface area contributed by atoms with Crippen molar-refractivity contribution in [3.63, 3.8) is 0 Å². The van der Waals surface area contributed by atoms with Gasteiger partial charge in [0.15, 0.2) is 0 Å². The van der Waals surface area contributed by atoms with Crippen LogP contribution in [0.4, 0.5) is 5.69 Å². The zero-order valence-corrected chi connectivity index (χ0v) is 16.4. The molecule has 29 heavy (non-hydrogen) atoms. The zero-order chi connectivity index (χ0) is 20.8. The summed E-state index contributed by atoms with van der Waals surface area (Å²) in [6.07, 6.45) is 0.0569. The number of aromatic amines is 1. The molecule has 0 aliphatic heterocycles. The predicted molar refractivity (Wildman–Crippen MR) is 111 cm³/mol. The molecule has 0 saturated carbocycles. The molecule has 0 fully saturated rings. The van der Waals surface area contributed by atoms with E-state index in [1.165, 1.54) is 4.57 Å². The van der Waals surface area contributed by atoms with Crippen LogP contribution >= 0.6 is 0 Å². The van der Waals surface area contributed by atoms with Gasteiger partial charge < -0.3 is 14.8 Å². The van der Waals surface area contributed by atoms with Crippen LogP contribution in [0.25, 0.3) is 10.9 Å². The molecule has 3 aromatic rings. The van der Waals surface area contributed by atoms with Crippen molar-refractivity contribution in [3.8, 4) is 5.75 Å². The SMILES string of the molecule is COCCOc1cc(C)ccc1NC(=O)CCn1c(=O)[nH]c(=O)c2ccccc21. The lowest BCUT2D eigenvalue weighted by Gasteiger charge is -2.14. The maximum absolute atomic E-state index is 12.5. The third kappa shape index (κ3) is 4.91. The fourth-order valence-corrected chi connectivity index (χ4v) is 2.98. The molecule has 0 bridgehead atoms. The minimum absolute atomic E-state index is 0.0569. The molecule has 152 valence electrons. The molecule has 0 unspecified atom stereocenters. The fourth-order valence-electron chi connectivity index (χ4n) is 2.98. The highest BCUT2D eigenvalue weighted by Gasteiger charge is 2.11. The second-order valence-corrected chi connectivity index (χ2v) is 6.57. The number of carbonyl (C=O) groups excluding carboxylic acids is 1. The Morgan fingerprint density at radius 1 is 1.14 bits per heavy atom. The summed E-state index contributed by atoms with van der Waals surface area (Å²) in [6.45, 7) is 2.86. The van der Waals surface area contributed by atoms with Crippen LogP contribution in [0.1, 0.15) is 12.0 Å². The van der Waals surface area contributed by atoms with Crippen molar-refractivity contribution in [1.82, 2.24) is 9.55 Å². The number of para-hydroxylation sites is 1. The van der Waals surface area contributed by atoms with Gasteiger partial charge in [-0.15, -0.1) is 0 Å². The van der Waals surface area contributed by atoms with E-state index in [1.807, 2.05) is 19.1 Å². The molecule has 0 saturated heterocycles. The molecule has 1 aromatic heterocycles. The van der Waals surface area contributed by atoms with E-state index in [9.17, 15) is 14.4 Å². The molecule has 1 amide bonds. The monoisotopic (exact) mass is 397 g/mol. The molecular weight excluding hydrogens is 374 g/mol. The standard InChI is InChI=1S/C21H23N3O5/c1-14-7-8-16(18(13-14)29-12-11-28-2)22-19(25)9-10-24-17-6-4-3-5-15(17)20(26)23-21(24)27/h3-8,13H,9-12H2,1-2H3,(H,22,25)(H,23,26,27). The van der Waals surface area contributed by atoms with Crippen LogP contribution in [0, 0.1) is 6.92 Å². The first-order valence-corrected chi connectivity index (χ1v) is 9.23. The highest BCUT2D eigenvalue weighted by Crippen LogP contribution is 2.26. The van der Waals surface area contributed by atoms with Gasteiger partial charge in [-0.05, 0) is 36.8 Å². The molecule has 8 heteroatoms. The number of amides is 1. The molecule has 0 aliphatic carbocycles. The van der Waals surface area contributed by atoms with Crippen molar-refractivity contribution in [2.45, 2.75) is 19.9 Å². The number of ether oxygens (including phenoxy) is 2. The summed E-state index contributed by atoms with van der Waals surface area (Å²) >= 11 is 0. The molecule has 3 rings (SSSR count). The number of nitrogens with one attached hydrogen (secondary N) is 2. The summed E-state index contributed by atoms with van der Waals surface area (Å²) in [5.41, 5.74) is 1.06. The molecule has 8 nitrogen and oxygen atoms in total. The van der Waals surface area contributed by atoms with E-state index in [-0.39, 0.29) is 18.9 Å². The Bertz CT molecular complexity index is 1130. The highest BCUT2D eigenvalue weighted by atomic mass is 16.5. The Labute approximate surface area is 167 Å². The molecular formula is C21H23N3O5. The summed E-state index contributed by atoms with van der Waals surface area (Å²) < 4.78 is 12.1. The third-order valence-electron chi connectivity index (χ3n) is 4.42. The van der Waals surface area contributed by atoms with Gasteiger partial charge >= 0.3 is 5.69 Å². The number of rotatable bonds is 8. The Morgan fingerprint density at radius 2 is 1.93 bits per heavy atom. The van der Waals surface area contributed by atoms with Crippen LogP contribution in [-0.4, -0.2) is 35.8 Å². The predicted octanol–water partition coefficient (Wildman–Crippen LogP) is 2.05. The quantitative estimate of drug-likeness (QED) is 0.567. The largest absolute Gasteiger partial charge is 0.489 e. The summed E-state index contributed by atoms with van der Waals surface area (Å²) in [4.78, 5) is 38.9. The average Bonchev–Trinajstić information content (AvgIpc) is 2.70. The first kappa shape index (κ1) is 20.3. The normalized spacial score (nSPS) is 10.8. The van der Waals surface area contributed by atoms with E-state index in [1.54, 1.807) is 37.4 Å². The molecule has 0 atom stereocenters. The van der Waals surface area contributed by atoms with Crippen LogP contribution in [-0.2, 0) is 16.1 Å². The van der Waals surface area contributed by atoms with Crippen LogP contribution in [0.3, 0.4) is 0 Å². The van der Waals surface area contributed by atoms with Crippen LogP contribution in [0.2, 0.25) is 0 Å². The van der Waals surface area contributed by atoms with Gasteiger partial charge in [0.25, 0.3) is 5.56 Å². The number of hydrogen-bond donors (Lipinski definition) is 2. The number of aromatic nitrogens is 2. The van der Waals surface area contributed by atoms with Gasteiger partial charge in [-0.3, -0.25) is 19.1 Å². The van der Waals surface area contributed by atoms with Crippen molar-refractivity contribution in [3.05, 3.63) is 68.9 Å². The van der Waals surface area contributed by atoms with E-state index in [0.29, 0.717) is 35.6 Å².